The number of likely N-dealkylation sites (tertiary alicyclic amines) is 1. The Balaban J connectivity index is 2.15. The first-order chi connectivity index (χ1) is 13.6. The highest BCUT2D eigenvalue weighted by Gasteiger charge is 2.43. The van der Waals surface area contributed by atoms with Crippen LogP contribution in [-0.4, -0.2) is 58.3 Å². The third kappa shape index (κ3) is 5.57. The number of nitrogens with one attached hydrogen (secondary N) is 1. The predicted molar refractivity (Wildman–Crippen MR) is 111 cm³/mol. The smallest absolute Gasteiger partial charge is 0.243 e. The van der Waals surface area contributed by atoms with Crippen LogP contribution < -0.4 is 11.1 Å². The molecule has 2 amide bonds. The molecule has 2 rings (SSSR count). The van der Waals surface area contributed by atoms with E-state index in [0.717, 1.165) is 11.1 Å². The molecule has 0 radical (unpaired) electrons. The van der Waals surface area contributed by atoms with Crippen LogP contribution in [0, 0.1) is 17.3 Å². The lowest BCUT2D eigenvalue weighted by Gasteiger charge is -2.33. The van der Waals surface area contributed by atoms with E-state index in [1.165, 1.54) is 4.90 Å². The molecular formula is C22H31N3O4. The maximum Gasteiger partial charge on any atom is 0.243 e. The summed E-state index contributed by atoms with van der Waals surface area (Å²) in [7, 11) is 0. The van der Waals surface area contributed by atoms with E-state index in [1.807, 2.05) is 32.9 Å². The second kappa shape index (κ2) is 9.40. The molecule has 4 atom stereocenters. The van der Waals surface area contributed by atoms with Gasteiger partial charge in [0.05, 0.1) is 24.8 Å². The summed E-state index contributed by atoms with van der Waals surface area (Å²) in [4.78, 5) is 27.1. The molecule has 0 spiro atoms. The van der Waals surface area contributed by atoms with Crippen molar-refractivity contribution in [1.82, 2.24) is 10.2 Å². The Labute approximate surface area is 172 Å². The Morgan fingerprint density at radius 1 is 1.31 bits per heavy atom. The van der Waals surface area contributed by atoms with E-state index in [4.69, 9.17) is 5.73 Å². The second-order valence-electron chi connectivity index (χ2n) is 8.48. The highest BCUT2D eigenvalue weighted by molar-refractivity contribution is 5.91. The SMILES string of the molecule is CC#Cc1ccc([C@H](CO)NC(=O)[C@@H]2C[C@@H](O)CN2C(=O)[C@@H](N)C(C)(C)C)cc1. The molecule has 0 bridgehead atoms. The van der Waals surface area contributed by atoms with Gasteiger partial charge in [0.15, 0.2) is 0 Å². The van der Waals surface area contributed by atoms with E-state index in [9.17, 15) is 19.8 Å². The van der Waals surface area contributed by atoms with Crippen LogP contribution in [-0.2, 0) is 9.59 Å². The lowest BCUT2D eigenvalue weighted by atomic mass is 9.86. The zero-order chi connectivity index (χ0) is 21.8. The van der Waals surface area contributed by atoms with Crippen molar-refractivity contribution in [2.75, 3.05) is 13.2 Å². The first-order valence-corrected chi connectivity index (χ1v) is 9.76. The number of carbonyl (C=O) groups excluding carboxylic acids is 2. The number of aliphatic hydroxyl groups excluding tert-OH is 2. The molecule has 0 unspecified atom stereocenters. The number of rotatable bonds is 5. The third-order valence-corrected chi connectivity index (χ3v) is 5.15. The van der Waals surface area contributed by atoms with Gasteiger partial charge in [-0.2, -0.15) is 0 Å². The van der Waals surface area contributed by atoms with Gasteiger partial charge < -0.3 is 26.2 Å². The van der Waals surface area contributed by atoms with Crippen LogP contribution in [0.15, 0.2) is 24.3 Å². The highest BCUT2D eigenvalue weighted by Crippen LogP contribution is 2.25. The average Bonchev–Trinajstić information content (AvgIpc) is 3.07. The molecule has 0 aromatic heterocycles. The molecule has 1 aliphatic rings. The van der Waals surface area contributed by atoms with Gasteiger partial charge in [-0.05, 0) is 30.0 Å². The minimum Gasteiger partial charge on any atom is -0.394 e. The molecule has 1 saturated heterocycles. The number of nitrogens with zero attached hydrogens (tertiary/aromatic N) is 1. The predicted octanol–water partition coefficient (Wildman–Crippen LogP) is 0.543. The van der Waals surface area contributed by atoms with Gasteiger partial charge in [0, 0.05) is 18.5 Å². The first-order valence-electron chi connectivity index (χ1n) is 9.76. The van der Waals surface area contributed by atoms with Crippen molar-refractivity contribution in [2.24, 2.45) is 11.1 Å². The summed E-state index contributed by atoms with van der Waals surface area (Å²) in [6.45, 7) is 7.08. The molecule has 1 aliphatic heterocycles. The highest BCUT2D eigenvalue weighted by atomic mass is 16.3. The fourth-order valence-corrected chi connectivity index (χ4v) is 3.30. The van der Waals surface area contributed by atoms with Gasteiger partial charge in [0.25, 0.3) is 0 Å². The molecule has 1 aromatic carbocycles. The zero-order valence-electron chi connectivity index (χ0n) is 17.5. The molecule has 0 aliphatic carbocycles. The Kier molecular flexibility index (Phi) is 7.42. The summed E-state index contributed by atoms with van der Waals surface area (Å²) in [5.74, 6) is 4.97. The van der Waals surface area contributed by atoms with E-state index < -0.39 is 35.6 Å². The third-order valence-electron chi connectivity index (χ3n) is 5.15. The normalized spacial score (nSPS) is 21.1. The standard InChI is InChI=1S/C22H31N3O4/c1-5-6-14-7-9-15(10-8-14)17(13-26)24-20(28)18-11-16(27)12-25(18)21(29)19(23)22(2,3)4/h7-10,16-19,26-27H,11-13,23H2,1-4H3,(H,24,28)/t16-,17+,18+,19-/m1/s1. The molecule has 5 N–H and O–H groups in total. The lowest BCUT2D eigenvalue weighted by molar-refractivity contribution is -0.141. The zero-order valence-corrected chi connectivity index (χ0v) is 17.5. The van der Waals surface area contributed by atoms with E-state index >= 15 is 0 Å². The molecular weight excluding hydrogens is 370 g/mol. The molecule has 7 nitrogen and oxygen atoms in total. The van der Waals surface area contributed by atoms with Crippen molar-refractivity contribution in [3.63, 3.8) is 0 Å². The van der Waals surface area contributed by atoms with Crippen molar-refractivity contribution < 1.29 is 19.8 Å². The van der Waals surface area contributed by atoms with Gasteiger partial charge in [-0.3, -0.25) is 9.59 Å². The van der Waals surface area contributed by atoms with Crippen molar-refractivity contribution in [3.05, 3.63) is 35.4 Å². The topological polar surface area (TPSA) is 116 Å². The van der Waals surface area contributed by atoms with Gasteiger partial charge in [0.2, 0.25) is 11.8 Å². The summed E-state index contributed by atoms with van der Waals surface area (Å²) in [5, 5.41) is 22.6. The Morgan fingerprint density at radius 2 is 1.93 bits per heavy atom. The van der Waals surface area contributed by atoms with Crippen LogP contribution in [0.25, 0.3) is 0 Å². The molecule has 7 heteroatoms. The van der Waals surface area contributed by atoms with Gasteiger partial charge in [-0.1, -0.05) is 38.8 Å². The van der Waals surface area contributed by atoms with E-state index in [2.05, 4.69) is 17.2 Å². The van der Waals surface area contributed by atoms with Crippen molar-refractivity contribution >= 4 is 11.8 Å². The summed E-state index contributed by atoms with van der Waals surface area (Å²) in [5.41, 5.74) is 7.18. The van der Waals surface area contributed by atoms with Crippen molar-refractivity contribution in [2.45, 2.75) is 58.3 Å². The lowest BCUT2D eigenvalue weighted by Crippen LogP contribution is -2.55. The average molecular weight is 402 g/mol. The second-order valence-corrected chi connectivity index (χ2v) is 8.48. The Bertz CT molecular complexity index is 789. The fourth-order valence-electron chi connectivity index (χ4n) is 3.30. The largest absolute Gasteiger partial charge is 0.394 e. The van der Waals surface area contributed by atoms with Gasteiger partial charge in [-0.25, -0.2) is 0 Å². The summed E-state index contributed by atoms with van der Waals surface area (Å²) >= 11 is 0. The molecule has 158 valence electrons. The number of β-amino-alcohol motifs (C(OH)–C–C–N with tert-alkyl or cyclic N) is 1. The molecule has 1 aromatic rings. The summed E-state index contributed by atoms with van der Waals surface area (Å²) in [6, 6.07) is 4.98. The number of amides is 2. The van der Waals surface area contributed by atoms with Crippen LogP contribution in [0.1, 0.15) is 51.3 Å². The van der Waals surface area contributed by atoms with Crippen LogP contribution in [0.5, 0.6) is 0 Å². The minimum atomic E-state index is -0.829. The Morgan fingerprint density at radius 3 is 2.45 bits per heavy atom. The Hall–Kier alpha value is -2.40. The number of benzene rings is 1. The van der Waals surface area contributed by atoms with Crippen LogP contribution in [0.3, 0.4) is 0 Å². The van der Waals surface area contributed by atoms with Crippen molar-refractivity contribution in [1.29, 1.82) is 0 Å². The maximum atomic E-state index is 12.9. The van der Waals surface area contributed by atoms with E-state index in [-0.39, 0.29) is 25.5 Å². The quantitative estimate of drug-likeness (QED) is 0.538. The molecule has 29 heavy (non-hydrogen) atoms. The van der Waals surface area contributed by atoms with Gasteiger partial charge in [0.1, 0.15) is 6.04 Å². The number of hydrogen-bond donors (Lipinski definition) is 4. The number of carbonyl (C=O) groups is 2. The monoisotopic (exact) mass is 401 g/mol. The molecule has 1 fully saturated rings. The summed E-state index contributed by atoms with van der Waals surface area (Å²) in [6.07, 6.45) is -0.654. The fraction of sp³-hybridized carbons (Fsp3) is 0.545. The van der Waals surface area contributed by atoms with Crippen molar-refractivity contribution in [3.8, 4) is 11.8 Å². The van der Waals surface area contributed by atoms with Crippen LogP contribution in [0.4, 0.5) is 0 Å². The minimum absolute atomic E-state index is 0.0644. The first kappa shape index (κ1) is 22.9. The summed E-state index contributed by atoms with van der Waals surface area (Å²) < 4.78 is 0. The van der Waals surface area contributed by atoms with Crippen LogP contribution >= 0.6 is 0 Å². The van der Waals surface area contributed by atoms with Crippen LogP contribution in [0.2, 0.25) is 0 Å². The molecule has 1 heterocycles. The number of aliphatic hydroxyl groups is 2. The maximum absolute atomic E-state index is 12.9. The number of hydrogen-bond acceptors (Lipinski definition) is 5. The number of nitrogens with two attached hydrogens (primary N) is 1. The van der Waals surface area contributed by atoms with E-state index in [1.54, 1.807) is 19.1 Å². The van der Waals surface area contributed by atoms with E-state index in [0.29, 0.717) is 0 Å². The van der Waals surface area contributed by atoms with Gasteiger partial charge in [-0.15, -0.1) is 5.92 Å². The molecule has 0 saturated carbocycles. The van der Waals surface area contributed by atoms with Gasteiger partial charge >= 0.3 is 0 Å².